The summed E-state index contributed by atoms with van der Waals surface area (Å²) in [5.74, 6) is 1.97. The fourth-order valence-corrected chi connectivity index (χ4v) is 3.54. The molecule has 1 aromatic rings. The van der Waals surface area contributed by atoms with Gasteiger partial charge >= 0.3 is 0 Å². The lowest BCUT2D eigenvalue weighted by Crippen LogP contribution is -1.98. The Hall–Kier alpha value is -0.220. The second kappa shape index (κ2) is 5.21. The minimum absolute atomic E-state index is 0.387. The molecule has 0 N–H and O–H groups in total. The molecule has 0 amide bonds. The van der Waals surface area contributed by atoms with Crippen LogP contribution in [0.15, 0.2) is 15.0 Å². The third kappa shape index (κ3) is 2.48. The minimum atomic E-state index is 0.387. The molecule has 0 atom stereocenters. The largest absolute Gasteiger partial charge is 0.495 e. The number of hydrogen-bond donors (Lipinski definition) is 0. The van der Waals surface area contributed by atoms with Crippen LogP contribution in [0.5, 0.6) is 11.5 Å². The zero-order chi connectivity index (χ0) is 11.6. The molecule has 0 heterocycles. The van der Waals surface area contributed by atoms with E-state index in [0.717, 1.165) is 26.0 Å². The van der Waals surface area contributed by atoms with E-state index in [-0.39, 0.29) is 0 Å². The third-order valence-corrected chi connectivity index (χ3v) is 3.82. The second-order valence-corrected chi connectivity index (χ2v) is 5.06. The summed E-state index contributed by atoms with van der Waals surface area (Å²) in [6.45, 7) is 4.26. The molecular formula is C11H14Br2O2. The van der Waals surface area contributed by atoms with Gasteiger partial charge in [-0.25, -0.2) is 0 Å². The predicted molar refractivity (Wildman–Crippen MR) is 69.0 cm³/mol. The fraction of sp³-hybridized carbons (Fsp3) is 0.455. The van der Waals surface area contributed by atoms with Crippen LogP contribution in [-0.4, -0.2) is 14.2 Å². The van der Waals surface area contributed by atoms with Gasteiger partial charge in [0.25, 0.3) is 0 Å². The standard InChI is InChI=1S/C11H14Br2O2/c1-6(2)9-10(12)7(14-3)5-8(15-4)11(9)13/h5-6H,1-4H3. The first-order chi connectivity index (χ1) is 7.02. The Morgan fingerprint density at radius 3 is 1.67 bits per heavy atom. The number of halogens is 2. The van der Waals surface area contributed by atoms with Crippen molar-refractivity contribution < 1.29 is 9.47 Å². The van der Waals surface area contributed by atoms with Crippen LogP contribution >= 0.6 is 31.9 Å². The van der Waals surface area contributed by atoms with Crippen LogP contribution in [0.4, 0.5) is 0 Å². The van der Waals surface area contributed by atoms with E-state index < -0.39 is 0 Å². The van der Waals surface area contributed by atoms with Crippen molar-refractivity contribution in [3.8, 4) is 11.5 Å². The van der Waals surface area contributed by atoms with Crippen molar-refractivity contribution in [2.75, 3.05) is 14.2 Å². The van der Waals surface area contributed by atoms with E-state index in [1.807, 2.05) is 6.07 Å². The average molecular weight is 338 g/mol. The summed E-state index contributed by atoms with van der Waals surface area (Å²) in [5, 5.41) is 0. The first-order valence-corrected chi connectivity index (χ1v) is 6.21. The van der Waals surface area contributed by atoms with Gasteiger partial charge in [-0.3, -0.25) is 0 Å². The summed E-state index contributed by atoms with van der Waals surface area (Å²) < 4.78 is 12.5. The topological polar surface area (TPSA) is 18.5 Å². The zero-order valence-electron chi connectivity index (χ0n) is 9.23. The number of rotatable bonds is 3. The van der Waals surface area contributed by atoms with Gasteiger partial charge in [0.1, 0.15) is 11.5 Å². The lowest BCUT2D eigenvalue weighted by Gasteiger charge is -2.17. The monoisotopic (exact) mass is 336 g/mol. The fourth-order valence-electron chi connectivity index (χ4n) is 1.41. The highest BCUT2D eigenvalue weighted by Crippen LogP contribution is 2.43. The van der Waals surface area contributed by atoms with Crippen LogP contribution in [0.3, 0.4) is 0 Å². The van der Waals surface area contributed by atoms with Crippen molar-refractivity contribution in [1.82, 2.24) is 0 Å². The van der Waals surface area contributed by atoms with Crippen LogP contribution < -0.4 is 9.47 Å². The lowest BCUT2D eigenvalue weighted by molar-refractivity contribution is 0.389. The Kier molecular flexibility index (Phi) is 4.46. The molecule has 2 nitrogen and oxygen atoms in total. The SMILES string of the molecule is COc1cc(OC)c(Br)c(C(C)C)c1Br. The number of methoxy groups -OCH3 is 2. The molecule has 0 fully saturated rings. The van der Waals surface area contributed by atoms with Gasteiger partial charge in [-0.2, -0.15) is 0 Å². The molecule has 0 aliphatic heterocycles. The molecule has 1 rings (SSSR count). The summed E-state index contributed by atoms with van der Waals surface area (Å²) in [6, 6.07) is 1.86. The molecular weight excluding hydrogens is 324 g/mol. The van der Waals surface area contributed by atoms with Crippen molar-refractivity contribution in [3.63, 3.8) is 0 Å². The minimum Gasteiger partial charge on any atom is -0.495 e. The van der Waals surface area contributed by atoms with Gasteiger partial charge in [0.05, 0.1) is 23.2 Å². The maximum Gasteiger partial charge on any atom is 0.137 e. The maximum atomic E-state index is 5.29. The van der Waals surface area contributed by atoms with Crippen LogP contribution in [-0.2, 0) is 0 Å². The van der Waals surface area contributed by atoms with Gasteiger partial charge < -0.3 is 9.47 Å². The van der Waals surface area contributed by atoms with E-state index in [0.29, 0.717) is 5.92 Å². The summed E-state index contributed by atoms with van der Waals surface area (Å²) >= 11 is 7.09. The molecule has 15 heavy (non-hydrogen) atoms. The summed E-state index contributed by atoms with van der Waals surface area (Å²) in [4.78, 5) is 0. The summed E-state index contributed by atoms with van der Waals surface area (Å²) in [6.07, 6.45) is 0. The smallest absolute Gasteiger partial charge is 0.137 e. The van der Waals surface area contributed by atoms with Gasteiger partial charge in [0, 0.05) is 6.07 Å². The van der Waals surface area contributed by atoms with Gasteiger partial charge in [-0.15, -0.1) is 0 Å². The van der Waals surface area contributed by atoms with Gasteiger partial charge in [0.2, 0.25) is 0 Å². The van der Waals surface area contributed by atoms with Crippen molar-refractivity contribution in [1.29, 1.82) is 0 Å². The summed E-state index contributed by atoms with van der Waals surface area (Å²) in [7, 11) is 3.30. The van der Waals surface area contributed by atoms with E-state index in [1.165, 1.54) is 0 Å². The molecule has 0 radical (unpaired) electrons. The van der Waals surface area contributed by atoms with Crippen LogP contribution in [0.1, 0.15) is 25.3 Å². The van der Waals surface area contributed by atoms with E-state index in [4.69, 9.17) is 9.47 Å². The first-order valence-electron chi connectivity index (χ1n) is 4.62. The predicted octanol–water partition coefficient (Wildman–Crippen LogP) is 4.35. The molecule has 1 aromatic carbocycles. The van der Waals surface area contributed by atoms with E-state index in [2.05, 4.69) is 45.7 Å². The lowest BCUT2D eigenvalue weighted by atomic mass is 10.0. The van der Waals surface area contributed by atoms with E-state index >= 15 is 0 Å². The Morgan fingerprint density at radius 1 is 1.00 bits per heavy atom. The van der Waals surface area contributed by atoms with Crippen LogP contribution in [0.2, 0.25) is 0 Å². The van der Waals surface area contributed by atoms with Crippen molar-refractivity contribution in [3.05, 3.63) is 20.6 Å². The number of hydrogen-bond acceptors (Lipinski definition) is 2. The van der Waals surface area contributed by atoms with Gasteiger partial charge in [0.15, 0.2) is 0 Å². The maximum absolute atomic E-state index is 5.29. The summed E-state index contributed by atoms with van der Waals surface area (Å²) in [5.41, 5.74) is 1.16. The highest BCUT2D eigenvalue weighted by atomic mass is 79.9. The van der Waals surface area contributed by atoms with Crippen molar-refractivity contribution >= 4 is 31.9 Å². The van der Waals surface area contributed by atoms with E-state index in [1.54, 1.807) is 14.2 Å². The third-order valence-electron chi connectivity index (χ3n) is 2.18. The molecule has 84 valence electrons. The zero-order valence-corrected chi connectivity index (χ0v) is 12.4. The van der Waals surface area contributed by atoms with E-state index in [9.17, 15) is 0 Å². The molecule has 0 aliphatic carbocycles. The number of benzene rings is 1. The molecule has 0 unspecified atom stereocenters. The average Bonchev–Trinajstić information content (AvgIpc) is 2.18. The molecule has 0 aliphatic rings. The molecule has 0 spiro atoms. The van der Waals surface area contributed by atoms with Crippen LogP contribution in [0.25, 0.3) is 0 Å². The molecule has 0 aromatic heterocycles. The van der Waals surface area contributed by atoms with Crippen molar-refractivity contribution in [2.24, 2.45) is 0 Å². The Labute approximate surface area is 107 Å². The van der Waals surface area contributed by atoms with Gasteiger partial charge in [-0.1, -0.05) is 13.8 Å². The highest BCUT2D eigenvalue weighted by molar-refractivity contribution is 9.11. The molecule has 0 saturated carbocycles. The van der Waals surface area contributed by atoms with Crippen molar-refractivity contribution in [2.45, 2.75) is 19.8 Å². The second-order valence-electron chi connectivity index (χ2n) is 3.48. The Morgan fingerprint density at radius 2 is 1.40 bits per heavy atom. The van der Waals surface area contributed by atoms with Crippen LogP contribution in [0, 0.1) is 0 Å². The highest BCUT2D eigenvalue weighted by Gasteiger charge is 2.18. The molecule has 0 bridgehead atoms. The number of ether oxygens (including phenoxy) is 2. The Balaban J connectivity index is 3.46. The quantitative estimate of drug-likeness (QED) is 0.816. The van der Waals surface area contributed by atoms with Gasteiger partial charge in [-0.05, 0) is 43.3 Å². The normalized spacial score (nSPS) is 10.6. The molecule has 4 heteroatoms. The molecule has 0 saturated heterocycles. The first kappa shape index (κ1) is 12.8. The Bertz CT molecular complexity index is 334.